The maximum Gasteiger partial charge on any atom is 0.254 e. The highest BCUT2D eigenvalue weighted by atomic mass is 19.1. The lowest BCUT2D eigenvalue weighted by Crippen LogP contribution is -2.47. The molecule has 0 aliphatic carbocycles. The van der Waals surface area contributed by atoms with Crippen molar-refractivity contribution in [2.45, 2.75) is 25.8 Å². The fraction of sp³-hybridized carbons (Fsp3) is 0.533. The van der Waals surface area contributed by atoms with Crippen LogP contribution in [0.3, 0.4) is 0 Å². The van der Waals surface area contributed by atoms with Gasteiger partial charge in [-0.2, -0.15) is 0 Å². The molecule has 1 aromatic carbocycles. The van der Waals surface area contributed by atoms with E-state index in [2.05, 4.69) is 12.2 Å². The SMILES string of the molecule is CCNC1CCCN(C(=O)c2ccc(F)c(OC)c2)C1. The Morgan fingerprint density at radius 2 is 2.35 bits per heavy atom. The van der Waals surface area contributed by atoms with E-state index in [1.807, 2.05) is 4.90 Å². The third-order valence-electron chi connectivity index (χ3n) is 3.60. The van der Waals surface area contributed by atoms with E-state index in [0.29, 0.717) is 18.2 Å². The van der Waals surface area contributed by atoms with E-state index in [-0.39, 0.29) is 11.7 Å². The molecule has 0 saturated carbocycles. The number of ether oxygens (including phenoxy) is 1. The molecule has 0 spiro atoms. The molecular weight excluding hydrogens is 259 g/mol. The molecule has 1 atom stereocenters. The molecule has 110 valence electrons. The van der Waals surface area contributed by atoms with Crippen molar-refractivity contribution in [3.8, 4) is 5.75 Å². The average Bonchev–Trinajstić information content (AvgIpc) is 2.48. The molecule has 1 aliphatic rings. The summed E-state index contributed by atoms with van der Waals surface area (Å²) < 4.78 is 18.3. The Hall–Kier alpha value is -1.62. The number of piperidine rings is 1. The number of carbonyl (C=O) groups is 1. The van der Waals surface area contributed by atoms with Crippen molar-refractivity contribution in [3.05, 3.63) is 29.6 Å². The normalized spacial score (nSPS) is 18.9. The number of nitrogens with zero attached hydrogens (tertiary/aromatic N) is 1. The Kier molecular flexibility index (Phi) is 4.95. The molecule has 1 saturated heterocycles. The van der Waals surface area contributed by atoms with Crippen molar-refractivity contribution in [1.29, 1.82) is 0 Å². The van der Waals surface area contributed by atoms with Crippen LogP contribution in [0.4, 0.5) is 4.39 Å². The molecular formula is C15H21FN2O2. The van der Waals surface area contributed by atoms with Crippen LogP contribution in [0.15, 0.2) is 18.2 Å². The van der Waals surface area contributed by atoms with Crippen LogP contribution in [-0.4, -0.2) is 43.6 Å². The van der Waals surface area contributed by atoms with Crippen LogP contribution in [-0.2, 0) is 0 Å². The van der Waals surface area contributed by atoms with Crippen molar-refractivity contribution in [2.24, 2.45) is 0 Å². The van der Waals surface area contributed by atoms with Gasteiger partial charge in [-0.3, -0.25) is 4.79 Å². The summed E-state index contributed by atoms with van der Waals surface area (Å²) in [7, 11) is 1.40. The van der Waals surface area contributed by atoms with Crippen molar-refractivity contribution >= 4 is 5.91 Å². The molecule has 4 nitrogen and oxygen atoms in total. The van der Waals surface area contributed by atoms with Crippen LogP contribution < -0.4 is 10.1 Å². The van der Waals surface area contributed by atoms with E-state index in [0.717, 1.165) is 25.9 Å². The molecule has 0 radical (unpaired) electrons. The molecule has 5 heteroatoms. The first-order chi connectivity index (χ1) is 9.65. The Balaban J connectivity index is 2.10. The standard InChI is InChI=1S/C15H21FN2O2/c1-3-17-12-5-4-8-18(10-12)15(19)11-6-7-13(16)14(9-11)20-2/h6-7,9,12,17H,3-5,8,10H2,1-2H3. The minimum Gasteiger partial charge on any atom is -0.494 e. The van der Waals surface area contributed by atoms with Gasteiger partial charge in [0.1, 0.15) is 0 Å². The second kappa shape index (κ2) is 6.70. The lowest BCUT2D eigenvalue weighted by Gasteiger charge is -2.33. The molecule has 1 fully saturated rings. The van der Waals surface area contributed by atoms with Crippen LogP contribution in [0.1, 0.15) is 30.1 Å². The second-order valence-corrected chi connectivity index (χ2v) is 5.00. The van der Waals surface area contributed by atoms with Gasteiger partial charge in [-0.25, -0.2) is 4.39 Å². The minimum absolute atomic E-state index is 0.0640. The number of nitrogens with one attached hydrogen (secondary N) is 1. The Morgan fingerprint density at radius 3 is 3.05 bits per heavy atom. The van der Waals surface area contributed by atoms with Gasteiger partial charge in [-0.15, -0.1) is 0 Å². The lowest BCUT2D eigenvalue weighted by atomic mass is 10.0. The van der Waals surface area contributed by atoms with Crippen molar-refractivity contribution in [2.75, 3.05) is 26.7 Å². The first-order valence-electron chi connectivity index (χ1n) is 7.02. The van der Waals surface area contributed by atoms with E-state index >= 15 is 0 Å². The Bertz CT molecular complexity index is 477. The monoisotopic (exact) mass is 280 g/mol. The highest BCUT2D eigenvalue weighted by Crippen LogP contribution is 2.20. The van der Waals surface area contributed by atoms with E-state index in [1.54, 1.807) is 0 Å². The number of hydrogen-bond donors (Lipinski definition) is 1. The number of likely N-dealkylation sites (N-methyl/N-ethyl adjacent to an activating group) is 1. The summed E-state index contributed by atoms with van der Waals surface area (Å²) in [4.78, 5) is 14.3. The van der Waals surface area contributed by atoms with Gasteiger partial charge in [0.2, 0.25) is 0 Å². The fourth-order valence-corrected chi connectivity index (χ4v) is 2.59. The van der Waals surface area contributed by atoms with Gasteiger partial charge in [0.15, 0.2) is 11.6 Å². The number of carbonyl (C=O) groups excluding carboxylic acids is 1. The average molecular weight is 280 g/mol. The summed E-state index contributed by atoms with van der Waals surface area (Å²) in [6, 6.07) is 4.60. The summed E-state index contributed by atoms with van der Waals surface area (Å²) in [5.74, 6) is -0.407. The molecule has 1 aromatic rings. The molecule has 1 heterocycles. The Labute approximate surface area is 118 Å². The van der Waals surface area contributed by atoms with Gasteiger partial charge in [0, 0.05) is 24.7 Å². The summed E-state index contributed by atoms with van der Waals surface area (Å²) in [6.07, 6.45) is 2.08. The number of halogens is 1. The second-order valence-electron chi connectivity index (χ2n) is 5.00. The zero-order valence-electron chi connectivity index (χ0n) is 12.0. The first-order valence-corrected chi connectivity index (χ1v) is 7.02. The zero-order chi connectivity index (χ0) is 14.5. The predicted molar refractivity (Wildman–Crippen MR) is 75.6 cm³/mol. The predicted octanol–water partition coefficient (Wildman–Crippen LogP) is 2.05. The number of amides is 1. The summed E-state index contributed by atoms with van der Waals surface area (Å²) in [5, 5.41) is 3.37. The molecule has 1 unspecified atom stereocenters. The highest BCUT2D eigenvalue weighted by molar-refractivity contribution is 5.94. The molecule has 0 aromatic heterocycles. The maximum atomic E-state index is 13.4. The van der Waals surface area contributed by atoms with E-state index in [4.69, 9.17) is 4.74 Å². The summed E-state index contributed by atoms with van der Waals surface area (Å²) in [5.41, 5.74) is 0.473. The van der Waals surface area contributed by atoms with Crippen LogP contribution in [0.5, 0.6) is 5.75 Å². The summed E-state index contributed by atoms with van der Waals surface area (Å²) in [6.45, 7) is 4.41. The zero-order valence-corrected chi connectivity index (χ0v) is 12.0. The van der Waals surface area contributed by atoms with Crippen molar-refractivity contribution < 1.29 is 13.9 Å². The molecule has 1 N–H and O–H groups in total. The van der Waals surface area contributed by atoms with Gasteiger partial charge in [0.25, 0.3) is 5.91 Å². The molecule has 0 bridgehead atoms. The van der Waals surface area contributed by atoms with Crippen molar-refractivity contribution in [3.63, 3.8) is 0 Å². The highest BCUT2D eigenvalue weighted by Gasteiger charge is 2.24. The smallest absolute Gasteiger partial charge is 0.254 e. The first kappa shape index (κ1) is 14.8. The molecule has 2 rings (SSSR count). The van der Waals surface area contributed by atoms with Crippen molar-refractivity contribution in [1.82, 2.24) is 10.2 Å². The van der Waals surface area contributed by atoms with Gasteiger partial charge >= 0.3 is 0 Å². The Morgan fingerprint density at radius 1 is 1.55 bits per heavy atom. The molecule has 1 amide bonds. The van der Waals surface area contributed by atoms with Crippen LogP contribution in [0, 0.1) is 5.82 Å². The molecule has 1 aliphatic heterocycles. The topological polar surface area (TPSA) is 41.6 Å². The minimum atomic E-state index is -0.451. The lowest BCUT2D eigenvalue weighted by molar-refractivity contribution is 0.0695. The van der Waals surface area contributed by atoms with Gasteiger partial charge in [0.05, 0.1) is 7.11 Å². The maximum absolute atomic E-state index is 13.4. The number of hydrogen-bond acceptors (Lipinski definition) is 3. The number of likely N-dealkylation sites (tertiary alicyclic amines) is 1. The number of rotatable bonds is 4. The quantitative estimate of drug-likeness (QED) is 0.918. The molecule has 20 heavy (non-hydrogen) atoms. The van der Waals surface area contributed by atoms with Crippen LogP contribution in [0.2, 0.25) is 0 Å². The van der Waals surface area contributed by atoms with Crippen LogP contribution in [0.25, 0.3) is 0 Å². The van der Waals surface area contributed by atoms with Gasteiger partial charge < -0.3 is 15.0 Å². The third kappa shape index (κ3) is 3.28. The van der Waals surface area contributed by atoms with E-state index in [9.17, 15) is 9.18 Å². The number of benzene rings is 1. The van der Waals surface area contributed by atoms with Gasteiger partial charge in [-0.05, 0) is 37.6 Å². The van der Waals surface area contributed by atoms with Crippen LogP contribution >= 0.6 is 0 Å². The summed E-state index contributed by atoms with van der Waals surface area (Å²) >= 11 is 0. The number of methoxy groups -OCH3 is 1. The van der Waals surface area contributed by atoms with Gasteiger partial charge in [-0.1, -0.05) is 6.92 Å². The largest absolute Gasteiger partial charge is 0.494 e. The fourth-order valence-electron chi connectivity index (χ4n) is 2.59. The third-order valence-corrected chi connectivity index (χ3v) is 3.60. The van der Waals surface area contributed by atoms with E-state index in [1.165, 1.54) is 25.3 Å². The van der Waals surface area contributed by atoms with E-state index < -0.39 is 5.82 Å².